The van der Waals surface area contributed by atoms with E-state index in [1.807, 2.05) is 0 Å². The summed E-state index contributed by atoms with van der Waals surface area (Å²) in [5, 5.41) is 10.7. The lowest BCUT2D eigenvalue weighted by molar-refractivity contribution is -0.242. The minimum atomic E-state index is -5.18. The van der Waals surface area contributed by atoms with E-state index in [1.54, 1.807) is 0 Å². The Hall–Kier alpha value is -1.42. The molecule has 1 aliphatic heterocycles. The summed E-state index contributed by atoms with van der Waals surface area (Å²) >= 11 is 0. The number of nitrogens with one attached hydrogen (secondary N) is 1. The van der Waals surface area contributed by atoms with Crippen LogP contribution in [0, 0.1) is 0 Å². The molecule has 6 nitrogen and oxygen atoms in total. The van der Waals surface area contributed by atoms with E-state index in [1.165, 1.54) is 12.2 Å². The molecule has 0 spiro atoms. The Labute approximate surface area is 111 Å². The Morgan fingerprint density at radius 2 is 1.90 bits per heavy atom. The van der Waals surface area contributed by atoms with E-state index in [2.05, 4.69) is 9.47 Å². The number of ether oxygens (including phenoxy) is 2. The van der Waals surface area contributed by atoms with Crippen LogP contribution in [0.2, 0.25) is 0 Å². The molecule has 1 fully saturated rings. The van der Waals surface area contributed by atoms with E-state index in [0.717, 1.165) is 6.92 Å². The van der Waals surface area contributed by atoms with Crippen LogP contribution in [0.1, 0.15) is 13.8 Å². The maximum Gasteiger partial charge on any atom is 0.471 e. The predicted octanol–water partition coefficient (Wildman–Crippen LogP) is 0.0404. The molecule has 0 aromatic heterocycles. The van der Waals surface area contributed by atoms with Gasteiger partial charge >= 0.3 is 18.1 Å². The molecule has 0 saturated carbocycles. The standard InChI is InChI=1S/C10H13F4NO5/c1-3-6(15-9(18)10(12,13)14)7(20-4(2)16)5(11)8(17)19-3/h3,5-8,17H,1-2H3,(H,15,18)/t3-,5+,6+,7-,8+/m0/s1. The largest absolute Gasteiger partial charge is 0.471 e. The van der Waals surface area contributed by atoms with Crippen molar-refractivity contribution in [1.29, 1.82) is 0 Å². The number of carbonyl (C=O) groups excluding carboxylic acids is 2. The first kappa shape index (κ1) is 16.6. The molecule has 1 heterocycles. The number of carbonyl (C=O) groups is 2. The van der Waals surface area contributed by atoms with Crippen LogP contribution >= 0.6 is 0 Å². The maximum absolute atomic E-state index is 13.7. The summed E-state index contributed by atoms with van der Waals surface area (Å²) in [6.07, 6.45) is -12.4. The van der Waals surface area contributed by atoms with Gasteiger partial charge < -0.3 is 19.9 Å². The van der Waals surface area contributed by atoms with Crippen molar-refractivity contribution < 1.29 is 41.7 Å². The zero-order valence-electron chi connectivity index (χ0n) is 10.5. The molecule has 1 amide bonds. The van der Waals surface area contributed by atoms with Crippen LogP contribution in [0.15, 0.2) is 0 Å². The Balaban J connectivity index is 2.92. The second kappa shape index (κ2) is 5.92. The van der Waals surface area contributed by atoms with Gasteiger partial charge in [-0.05, 0) is 6.92 Å². The van der Waals surface area contributed by atoms with Gasteiger partial charge in [-0.1, -0.05) is 0 Å². The van der Waals surface area contributed by atoms with Gasteiger partial charge in [0.15, 0.2) is 18.6 Å². The minimum absolute atomic E-state index is 0.919. The van der Waals surface area contributed by atoms with E-state index in [-0.39, 0.29) is 0 Å². The summed E-state index contributed by atoms with van der Waals surface area (Å²) in [6, 6.07) is -1.58. The number of amides is 1. The highest BCUT2D eigenvalue weighted by atomic mass is 19.4. The van der Waals surface area contributed by atoms with Crippen molar-refractivity contribution in [3.8, 4) is 0 Å². The van der Waals surface area contributed by atoms with Crippen molar-refractivity contribution in [2.45, 2.75) is 50.7 Å². The molecule has 10 heteroatoms. The Morgan fingerprint density at radius 1 is 1.35 bits per heavy atom. The lowest BCUT2D eigenvalue weighted by Gasteiger charge is -2.40. The molecule has 0 aliphatic carbocycles. The first-order valence-corrected chi connectivity index (χ1v) is 5.56. The van der Waals surface area contributed by atoms with Crippen LogP contribution in [0.4, 0.5) is 17.6 Å². The fourth-order valence-electron chi connectivity index (χ4n) is 1.77. The van der Waals surface area contributed by atoms with Crippen LogP contribution in [0.3, 0.4) is 0 Å². The molecule has 0 bridgehead atoms. The molecule has 0 aromatic carbocycles. The van der Waals surface area contributed by atoms with Crippen LogP contribution in [-0.4, -0.2) is 53.9 Å². The highest BCUT2D eigenvalue weighted by Crippen LogP contribution is 2.26. The molecule has 1 saturated heterocycles. The lowest BCUT2D eigenvalue weighted by Crippen LogP contribution is -2.63. The highest BCUT2D eigenvalue weighted by Gasteiger charge is 2.50. The Morgan fingerprint density at radius 3 is 2.35 bits per heavy atom. The van der Waals surface area contributed by atoms with Gasteiger partial charge in [-0.2, -0.15) is 13.2 Å². The fraction of sp³-hybridized carbons (Fsp3) is 0.800. The smallest absolute Gasteiger partial charge is 0.457 e. The number of aliphatic hydroxyl groups excluding tert-OH is 1. The summed E-state index contributed by atoms with van der Waals surface area (Å²) in [7, 11) is 0. The summed E-state index contributed by atoms with van der Waals surface area (Å²) in [5.41, 5.74) is 0. The third kappa shape index (κ3) is 3.79. The number of aliphatic hydroxyl groups is 1. The number of esters is 1. The van der Waals surface area contributed by atoms with Gasteiger partial charge in [0, 0.05) is 6.92 Å². The Kier molecular flexibility index (Phi) is 4.92. The van der Waals surface area contributed by atoms with E-state index in [4.69, 9.17) is 0 Å². The fourth-order valence-corrected chi connectivity index (χ4v) is 1.77. The molecular formula is C10H13F4NO5. The first-order valence-electron chi connectivity index (χ1n) is 5.56. The third-order valence-electron chi connectivity index (χ3n) is 2.66. The zero-order chi connectivity index (χ0) is 15.7. The lowest BCUT2D eigenvalue weighted by atomic mass is 9.97. The maximum atomic E-state index is 13.7. The molecule has 2 N–H and O–H groups in total. The second-order valence-corrected chi connectivity index (χ2v) is 4.25. The normalized spacial score (nSPS) is 34.5. The molecule has 116 valence electrons. The topological polar surface area (TPSA) is 84.9 Å². The molecule has 0 radical (unpaired) electrons. The number of hydrogen-bond acceptors (Lipinski definition) is 5. The molecule has 1 rings (SSSR count). The number of hydrogen-bond donors (Lipinski definition) is 2. The van der Waals surface area contributed by atoms with E-state index in [0.29, 0.717) is 0 Å². The quantitative estimate of drug-likeness (QED) is 0.556. The van der Waals surface area contributed by atoms with E-state index >= 15 is 0 Å². The monoisotopic (exact) mass is 303 g/mol. The van der Waals surface area contributed by atoms with Crippen molar-refractivity contribution >= 4 is 11.9 Å². The molecule has 0 unspecified atom stereocenters. The van der Waals surface area contributed by atoms with Gasteiger partial charge in [0.2, 0.25) is 0 Å². The molecular weight excluding hydrogens is 290 g/mol. The third-order valence-corrected chi connectivity index (χ3v) is 2.66. The summed E-state index contributed by atoms with van der Waals surface area (Å²) in [5.74, 6) is -3.29. The average molecular weight is 303 g/mol. The van der Waals surface area contributed by atoms with Crippen LogP contribution < -0.4 is 5.32 Å². The van der Waals surface area contributed by atoms with E-state index in [9.17, 15) is 32.3 Å². The van der Waals surface area contributed by atoms with Crippen LogP contribution in [0.5, 0.6) is 0 Å². The molecule has 1 aliphatic rings. The van der Waals surface area contributed by atoms with Gasteiger partial charge in [-0.3, -0.25) is 9.59 Å². The van der Waals surface area contributed by atoms with Crippen molar-refractivity contribution in [3.63, 3.8) is 0 Å². The molecule has 20 heavy (non-hydrogen) atoms. The molecule has 5 atom stereocenters. The van der Waals surface area contributed by atoms with Crippen molar-refractivity contribution in [2.75, 3.05) is 0 Å². The average Bonchev–Trinajstić information content (AvgIpc) is 2.28. The SMILES string of the molecule is CC(=O)O[C@H]1[C@@H](F)[C@H](O)O[C@@H](C)[C@H]1NC(=O)C(F)(F)F. The van der Waals surface area contributed by atoms with Crippen molar-refractivity contribution in [3.05, 3.63) is 0 Å². The minimum Gasteiger partial charge on any atom is -0.457 e. The van der Waals surface area contributed by atoms with Gasteiger partial charge in [0.25, 0.3) is 0 Å². The van der Waals surface area contributed by atoms with Gasteiger partial charge in [0.1, 0.15) is 0 Å². The molecule has 0 aromatic rings. The van der Waals surface area contributed by atoms with Crippen molar-refractivity contribution in [1.82, 2.24) is 5.32 Å². The number of rotatable bonds is 2. The highest BCUT2D eigenvalue weighted by molar-refractivity contribution is 5.82. The van der Waals surface area contributed by atoms with Crippen LogP contribution in [-0.2, 0) is 19.1 Å². The Bertz CT molecular complexity index is 388. The predicted molar refractivity (Wildman–Crippen MR) is 55.0 cm³/mol. The van der Waals surface area contributed by atoms with Crippen LogP contribution in [0.25, 0.3) is 0 Å². The summed E-state index contributed by atoms with van der Waals surface area (Å²) < 4.78 is 59.4. The summed E-state index contributed by atoms with van der Waals surface area (Å²) in [6.45, 7) is 2.12. The zero-order valence-corrected chi connectivity index (χ0v) is 10.5. The van der Waals surface area contributed by atoms with E-state index < -0.39 is 48.8 Å². The van der Waals surface area contributed by atoms with Gasteiger partial charge in [0.05, 0.1) is 12.1 Å². The summed E-state index contributed by atoms with van der Waals surface area (Å²) in [4.78, 5) is 21.7. The van der Waals surface area contributed by atoms with Gasteiger partial charge in [-0.25, -0.2) is 4.39 Å². The van der Waals surface area contributed by atoms with Crippen molar-refractivity contribution in [2.24, 2.45) is 0 Å². The second-order valence-electron chi connectivity index (χ2n) is 4.25. The van der Waals surface area contributed by atoms with Gasteiger partial charge in [-0.15, -0.1) is 0 Å². The first-order chi connectivity index (χ1) is 9.04. The number of halogens is 4. The number of alkyl halides is 4.